The van der Waals surface area contributed by atoms with E-state index < -0.39 is 5.41 Å². The van der Waals surface area contributed by atoms with Crippen molar-refractivity contribution in [2.24, 2.45) is 5.73 Å². The number of ether oxygens (including phenoxy) is 2. The molecule has 0 unspecified atom stereocenters. The Labute approximate surface area is 146 Å². The van der Waals surface area contributed by atoms with Crippen molar-refractivity contribution in [3.63, 3.8) is 0 Å². The van der Waals surface area contributed by atoms with Crippen molar-refractivity contribution in [3.05, 3.63) is 22.7 Å². The van der Waals surface area contributed by atoms with Crippen LogP contribution in [-0.2, 0) is 16.6 Å². The van der Waals surface area contributed by atoms with Crippen LogP contribution in [0.1, 0.15) is 44.4 Å². The Morgan fingerprint density at radius 1 is 1.48 bits per heavy atom. The van der Waals surface area contributed by atoms with E-state index in [2.05, 4.69) is 23.2 Å². The molecule has 3 rings (SSSR count). The molecule has 0 atom stereocenters. The van der Waals surface area contributed by atoms with Gasteiger partial charge in [0.25, 0.3) is 0 Å². The number of nitrogens with one attached hydrogen (secondary N) is 1. The van der Waals surface area contributed by atoms with Crippen LogP contribution < -0.4 is 10.5 Å². The largest absolute Gasteiger partial charge is 0.450 e. The van der Waals surface area contributed by atoms with Gasteiger partial charge in [0.15, 0.2) is 0 Å². The maximum atomic E-state index is 12.0. The molecular weight excluding hydrogens is 322 g/mol. The third-order valence-electron chi connectivity index (χ3n) is 4.97. The lowest BCUT2D eigenvalue weighted by Crippen LogP contribution is -2.48. The number of carbonyl (C=O) groups excluding carboxylic acids is 1. The zero-order chi connectivity index (χ0) is 18.0. The number of carbonyl (C=O) groups is 1. The van der Waals surface area contributed by atoms with Gasteiger partial charge in [0, 0.05) is 29.8 Å². The molecule has 1 aromatic heterocycles. The van der Waals surface area contributed by atoms with E-state index in [1.807, 2.05) is 0 Å². The summed E-state index contributed by atoms with van der Waals surface area (Å²) in [5.74, 6) is 0.554. The highest BCUT2D eigenvalue weighted by molar-refractivity contribution is 5.68. The quantitative estimate of drug-likeness (QED) is 0.864. The number of aromatic amines is 1. The highest BCUT2D eigenvalue weighted by Crippen LogP contribution is 2.50. The molecule has 1 aromatic rings. The molecule has 3 N–H and O–H groups in total. The van der Waals surface area contributed by atoms with Crippen molar-refractivity contribution in [1.82, 2.24) is 15.1 Å². The summed E-state index contributed by atoms with van der Waals surface area (Å²) in [7, 11) is 0. The topological polar surface area (TPSA) is 117 Å². The maximum Gasteiger partial charge on any atom is 0.409 e. The fourth-order valence-electron chi connectivity index (χ4n) is 3.82. The van der Waals surface area contributed by atoms with Crippen molar-refractivity contribution in [2.45, 2.75) is 44.9 Å². The summed E-state index contributed by atoms with van der Waals surface area (Å²) >= 11 is 0. The summed E-state index contributed by atoms with van der Waals surface area (Å²) in [6.07, 6.45) is 2.61. The van der Waals surface area contributed by atoms with Crippen LogP contribution in [0.4, 0.5) is 4.79 Å². The van der Waals surface area contributed by atoms with Crippen molar-refractivity contribution in [3.8, 4) is 11.9 Å². The molecule has 25 heavy (non-hydrogen) atoms. The number of nitrogens with zero attached hydrogens (tertiary/aromatic N) is 3. The lowest BCUT2D eigenvalue weighted by molar-refractivity contribution is 0.0892. The minimum atomic E-state index is -0.563. The summed E-state index contributed by atoms with van der Waals surface area (Å²) in [4.78, 5) is 13.7. The number of aromatic nitrogens is 2. The lowest BCUT2D eigenvalue weighted by Gasteiger charge is -2.43. The molecule has 134 valence electrons. The van der Waals surface area contributed by atoms with Crippen LogP contribution in [-0.4, -0.2) is 40.9 Å². The first kappa shape index (κ1) is 17.1. The number of fused-ring (bicyclic) bond motifs is 2. The average Bonchev–Trinajstić information content (AvgIpc) is 2.99. The Kier molecular flexibility index (Phi) is 4.57. The Balaban J connectivity index is 1.98. The van der Waals surface area contributed by atoms with Gasteiger partial charge < -0.3 is 20.1 Å². The van der Waals surface area contributed by atoms with Gasteiger partial charge in [-0.05, 0) is 26.2 Å². The number of piperidine rings is 1. The van der Waals surface area contributed by atoms with Gasteiger partial charge in [0.1, 0.15) is 11.6 Å². The Morgan fingerprint density at radius 2 is 2.20 bits per heavy atom. The van der Waals surface area contributed by atoms with E-state index in [9.17, 15) is 10.1 Å². The highest BCUT2D eigenvalue weighted by Gasteiger charge is 2.49. The molecule has 8 nitrogen and oxygen atoms in total. The van der Waals surface area contributed by atoms with E-state index >= 15 is 0 Å². The van der Waals surface area contributed by atoms with Gasteiger partial charge in [-0.2, -0.15) is 5.26 Å². The summed E-state index contributed by atoms with van der Waals surface area (Å²) < 4.78 is 10.7. The molecule has 0 saturated carbocycles. The van der Waals surface area contributed by atoms with E-state index in [1.54, 1.807) is 11.8 Å². The Bertz CT molecular complexity index is 738. The average molecular weight is 345 g/mol. The first-order chi connectivity index (χ1) is 12.1. The molecule has 1 fully saturated rings. The number of nitriles is 1. The second-order valence-corrected chi connectivity index (χ2v) is 6.35. The summed E-state index contributed by atoms with van der Waals surface area (Å²) in [6.45, 7) is 5.20. The van der Waals surface area contributed by atoms with Crippen LogP contribution in [0.15, 0.2) is 11.5 Å². The number of likely N-dealkylation sites (tertiary alicyclic amines) is 1. The van der Waals surface area contributed by atoms with Gasteiger partial charge in [-0.1, -0.05) is 13.3 Å². The van der Waals surface area contributed by atoms with Crippen molar-refractivity contribution in [2.75, 3.05) is 19.7 Å². The number of amides is 1. The molecular formula is C17H23N5O3. The molecule has 2 aliphatic rings. The predicted octanol–water partition coefficient (Wildman–Crippen LogP) is 1.94. The summed E-state index contributed by atoms with van der Waals surface area (Å²) in [5, 5.41) is 17.0. The number of nitrogens with two attached hydrogens (primary N) is 1. The lowest BCUT2D eigenvalue weighted by atomic mass is 9.66. The van der Waals surface area contributed by atoms with Crippen LogP contribution in [0.5, 0.6) is 5.88 Å². The number of hydrogen-bond acceptors (Lipinski definition) is 6. The van der Waals surface area contributed by atoms with E-state index in [-0.39, 0.29) is 12.0 Å². The van der Waals surface area contributed by atoms with Crippen LogP contribution >= 0.6 is 0 Å². The van der Waals surface area contributed by atoms with Crippen LogP contribution in [0.3, 0.4) is 0 Å². The fourth-order valence-corrected chi connectivity index (χ4v) is 3.82. The molecule has 2 aliphatic heterocycles. The second-order valence-electron chi connectivity index (χ2n) is 6.35. The standard InChI is InChI=1S/C17H23N5O3/c1-3-5-12-13-15(21-20-12)25-14(19)11(10-18)17(13)6-8-22(9-7-17)16(23)24-4-2/h3-9,19H2,1-2H3,(H,20,21). The predicted molar refractivity (Wildman–Crippen MR) is 89.5 cm³/mol. The number of allylic oxidation sites excluding steroid dienone is 1. The first-order valence-electron chi connectivity index (χ1n) is 8.65. The van der Waals surface area contributed by atoms with Crippen LogP contribution in [0.2, 0.25) is 0 Å². The molecule has 1 amide bonds. The number of hydrogen-bond donors (Lipinski definition) is 2. The maximum absolute atomic E-state index is 12.0. The van der Waals surface area contributed by atoms with E-state index in [0.29, 0.717) is 44.0 Å². The Morgan fingerprint density at radius 3 is 2.80 bits per heavy atom. The third-order valence-corrected chi connectivity index (χ3v) is 4.97. The summed E-state index contributed by atoms with van der Waals surface area (Å²) in [5.41, 5.74) is 7.78. The van der Waals surface area contributed by atoms with Gasteiger partial charge >= 0.3 is 6.09 Å². The third kappa shape index (κ3) is 2.69. The molecule has 1 spiro atoms. The normalized spacial score (nSPS) is 18.5. The van der Waals surface area contributed by atoms with E-state index in [1.165, 1.54) is 0 Å². The number of aryl methyl sites for hydroxylation is 1. The zero-order valence-corrected chi connectivity index (χ0v) is 14.6. The molecule has 3 heterocycles. The molecule has 0 radical (unpaired) electrons. The molecule has 0 aliphatic carbocycles. The van der Waals surface area contributed by atoms with E-state index in [4.69, 9.17) is 15.2 Å². The minimum Gasteiger partial charge on any atom is -0.450 e. The molecule has 8 heteroatoms. The fraction of sp³-hybridized carbons (Fsp3) is 0.588. The van der Waals surface area contributed by atoms with Gasteiger partial charge in [0.2, 0.25) is 11.8 Å². The van der Waals surface area contributed by atoms with Gasteiger partial charge in [-0.3, -0.25) is 5.10 Å². The minimum absolute atomic E-state index is 0.106. The van der Waals surface area contributed by atoms with Crippen molar-refractivity contribution in [1.29, 1.82) is 5.26 Å². The zero-order valence-electron chi connectivity index (χ0n) is 14.6. The van der Waals surface area contributed by atoms with Crippen LogP contribution in [0, 0.1) is 11.3 Å². The van der Waals surface area contributed by atoms with Gasteiger partial charge in [0.05, 0.1) is 6.61 Å². The highest BCUT2D eigenvalue weighted by atomic mass is 16.6. The summed E-state index contributed by atoms with van der Waals surface area (Å²) in [6, 6.07) is 2.24. The number of rotatable bonds is 3. The molecule has 0 aromatic carbocycles. The van der Waals surface area contributed by atoms with E-state index in [0.717, 1.165) is 24.1 Å². The molecule has 1 saturated heterocycles. The number of H-pyrrole nitrogens is 1. The van der Waals surface area contributed by atoms with Gasteiger partial charge in [-0.15, -0.1) is 5.10 Å². The first-order valence-corrected chi connectivity index (χ1v) is 8.65. The smallest absolute Gasteiger partial charge is 0.409 e. The van der Waals surface area contributed by atoms with Gasteiger partial charge in [-0.25, -0.2) is 4.79 Å². The Hall–Kier alpha value is -2.69. The molecule has 0 bridgehead atoms. The monoisotopic (exact) mass is 345 g/mol. The SMILES string of the molecule is CCCc1[nH]nc2c1C1(CCN(C(=O)OCC)CC1)C(C#N)=C(N)O2. The van der Waals surface area contributed by atoms with Crippen molar-refractivity contribution < 1.29 is 14.3 Å². The van der Waals surface area contributed by atoms with Crippen LogP contribution in [0.25, 0.3) is 0 Å². The second kappa shape index (κ2) is 6.67. The van der Waals surface area contributed by atoms with Crippen molar-refractivity contribution >= 4 is 6.09 Å².